The van der Waals surface area contributed by atoms with Crippen LogP contribution in [0, 0.1) is 11.2 Å². The number of carbonyl (C=O) groups excluding carboxylic acids is 1. The van der Waals surface area contributed by atoms with Crippen molar-refractivity contribution in [2.24, 2.45) is 5.41 Å². The van der Waals surface area contributed by atoms with E-state index in [2.05, 4.69) is 10.6 Å². The number of rotatable bonds is 1. The average Bonchev–Trinajstić information content (AvgIpc) is 2.37. The Balaban J connectivity index is 2.44. The molecular weight excluding hydrogens is 223 g/mol. The highest BCUT2D eigenvalue weighted by molar-refractivity contribution is 5.99. The van der Waals surface area contributed by atoms with Crippen LogP contribution in [0.25, 0.3) is 0 Å². The quantitative estimate of drug-likeness (QED) is 0.788. The molecule has 2 rings (SSSR count). The molecule has 0 saturated heterocycles. The highest BCUT2D eigenvalue weighted by atomic mass is 19.1. The van der Waals surface area contributed by atoms with Gasteiger partial charge in [0, 0.05) is 18.7 Å². The Morgan fingerprint density at radius 2 is 2.06 bits per heavy atom. The number of halogens is 1. The number of ether oxygens (including phenoxy) is 1. The maximum atomic E-state index is 13.5. The average molecular weight is 238 g/mol. The Kier molecular flexibility index (Phi) is 2.69. The van der Waals surface area contributed by atoms with Gasteiger partial charge in [0.25, 0.3) is 0 Å². The van der Waals surface area contributed by atoms with E-state index >= 15 is 0 Å². The second kappa shape index (κ2) is 3.91. The van der Waals surface area contributed by atoms with Crippen molar-refractivity contribution in [3.63, 3.8) is 0 Å². The van der Waals surface area contributed by atoms with E-state index in [0.717, 1.165) is 0 Å². The van der Waals surface area contributed by atoms with Crippen LogP contribution in [-0.2, 0) is 4.79 Å². The molecule has 1 aliphatic heterocycles. The lowest BCUT2D eigenvalue weighted by Gasteiger charge is -2.19. The van der Waals surface area contributed by atoms with Crippen LogP contribution in [0.15, 0.2) is 12.1 Å². The molecule has 0 unspecified atom stereocenters. The molecule has 0 radical (unpaired) electrons. The number of carbonyl (C=O) groups is 1. The summed E-state index contributed by atoms with van der Waals surface area (Å²) < 4.78 is 18.4. The van der Waals surface area contributed by atoms with Gasteiger partial charge in [-0.3, -0.25) is 4.79 Å². The predicted octanol–water partition coefficient (Wildman–Crippen LogP) is 2.22. The van der Waals surface area contributed by atoms with Crippen molar-refractivity contribution in [1.82, 2.24) is 0 Å². The third-order valence-corrected chi connectivity index (χ3v) is 2.88. The minimum Gasteiger partial charge on any atom is -0.494 e. The van der Waals surface area contributed by atoms with E-state index in [-0.39, 0.29) is 11.7 Å². The molecule has 4 nitrogen and oxygen atoms in total. The lowest BCUT2D eigenvalue weighted by molar-refractivity contribution is -0.123. The number of hydrogen-bond donors (Lipinski definition) is 2. The molecule has 0 spiro atoms. The van der Waals surface area contributed by atoms with E-state index < -0.39 is 11.2 Å². The Morgan fingerprint density at radius 3 is 2.71 bits per heavy atom. The first kappa shape index (κ1) is 11.7. The lowest BCUT2D eigenvalue weighted by Crippen LogP contribution is -2.34. The summed E-state index contributed by atoms with van der Waals surface area (Å²) in [5, 5.41) is 5.83. The minimum atomic E-state index is -0.539. The standard InChI is InChI=1S/C12H15FN2O2/c1-12(2)6-14-8-5-10(17-3)7(13)4-9(8)15-11(12)16/h4-5,14H,6H2,1-3H3,(H,15,16). The Hall–Kier alpha value is -1.78. The van der Waals surface area contributed by atoms with E-state index in [1.807, 2.05) is 13.8 Å². The van der Waals surface area contributed by atoms with Gasteiger partial charge in [-0.15, -0.1) is 0 Å². The molecule has 0 saturated carbocycles. The molecular formula is C12H15FN2O2. The minimum absolute atomic E-state index is 0.131. The predicted molar refractivity (Wildman–Crippen MR) is 63.9 cm³/mol. The summed E-state index contributed by atoms with van der Waals surface area (Å²) in [6.45, 7) is 4.14. The fourth-order valence-corrected chi connectivity index (χ4v) is 1.65. The largest absolute Gasteiger partial charge is 0.494 e. The third-order valence-electron chi connectivity index (χ3n) is 2.88. The Labute approximate surface area is 99.2 Å². The second-order valence-corrected chi connectivity index (χ2v) is 4.72. The van der Waals surface area contributed by atoms with Crippen molar-refractivity contribution in [2.75, 3.05) is 24.3 Å². The van der Waals surface area contributed by atoms with Gasteiger partial charge >= 0.3 is 0 Å². The van der Waals surface area contributed by atoms with E-state index in [1.165, 1.54) is 13.2 Å². The number of hydrogen-bond acceptors (Lipinski definition) is 3. The van der Waals surface area contributed by atoms with Crippen LogP contribution in [0.4, 0.5) is 15.8 Å². The summed E-state index contributed by atoms with van der Waals surface area (Å²) in [6.07, 6.45) is 0. The smallest absolute Gasteiger partial charge is 0.231 e. The van der Waals surface area contributed by atoms with Gasteiger partial charge in [0.15, 0.2) is 11.6 Å². The molecule has 0 fully saturated rings. The number of benzene rings is 1. The number of anilines is 2. The molecule has 1 heterocycles. The Bertz CT molecular complexity index is 472. The monoisotopic (exact) mass is 238 g/mol. The van der Waals surface area contributed by atoms with Gasteiger partial charge in [-0.2, -0.15) is 0 Å². The zero-order valence-electron chi connectivity index (χ0n) is 10.1. The van der Waals surface area contributed by atoms with Gasteiger partial charge in [0.05, 0.1) is 23.9 Å². The summed E-state index contributed by atoms with van der Waals surface area (Å²) in [5.41, 5.74) is 0.573. The maximum absolute atomic E-state index is 13.5. The van der Waals surface area contributed by atoms with E-state index in [4.69, 9.17) is 4.74 Å². The van der Waals surface area contributed by atoms with Crippen LogP contribution in [0.5, 0.6) is 5.75 Å². The molecule has 0 bridgehead atoms. The number of nitrogens with one attached hydrogen (secondary N) is 2. The first-order valence-corrected chi connectivity index (χ1v) is 5.37. The van der Waals surface area contributed by atoms with Crippen LogP contribution in [0.1, 0.15) is 13.8 Å². The fraction of sp³-hybridized carbons (Fsp3) is 0.417. The van der Waals surface area contributed by atoms with Crippen molar-refractivity contribution in [2.45, 2.75) is 13.8 Å². The van der Waals surface area contributed by atoms with E-state index in [9.17, 15) is 9.18 Å². The number of methoxy groups -OCH3 is 1. The van der Waals surface area contributed by atoms with Gasteiger partial charge in [0.1, 0.15) is 0 Å². The van der Waals surface area contributed by atoms with Gasteiger partial charge in [-0.1, -0.05) is 0 Å². The summed E-state index contributed by atoms with van der Waals surface area (Å²) in [5.74, 6) is -0.466. The van der Waals surface area contributed by atoms with Gasteiger partial charge < -0.3 is 15.4 Å². The van der Waals surface area contributed by atoms with Crippen LogP contribution in [0.3, 0.4) is 0 Å². The molecule has 0 atom stereocenters. The molecule has 1 aliphatic rings. The molecule has 1 aromatic carbocycles. The van der Waals surface area contributed by atoms with Crippen molar-refractivity contribution >= 4 is 17.3 Å². The first-order chi connectivity index (χ1) is 7.94. The summed E-state index contributed by atoms with van der Waals surface area (Å²) in [6, 6.07) is 2.81. The van der Waals surface area contributed by atoms with Crippen molar-refractivity contribution < 1.29 is 13.9 Å². The summed E-state index contributed by atoms with van der Waals surface area (Å²) in [4.78, 5) is 11.9. The van der Waals surface area contributed by atoms with Crippen LogP contribution >= 0.6 is 0 Å². The second-order valence-electron chi connectivity index (χ2n) is 4.72. The van der Waals surface area contributed by atoms with E-state index in [1.54, 1.807) is 6.07 Å². The van der Waals surface area contributed by atoms with Crippen molar-refractivity contribution in [3.05, 3.63) is 17.9 Å². The molecule has 1 amide bonds. The van der Waals surface area contributed by atoms with Gasteiger partial charge in [-0.25, -0.2) is 4.39 Å². The Morgan fingerprint density at radius 1 is 1.35 bits per heavy atom. The van der Waals surface area contributed by atoms with Crippen molar-refractivity contribution in [1.29, 1.82) is 0 Å². The molecule has 17 heavy (non-hydrogen) atoms. The zero-order chi connectivity index (χ0) is 12.6. The van der Waals surface area contributed by atoms with Gasteiger partial charge in [0.2, 0.25) is 5.91 Å². The maximum Gasteiger partial charge on any atom is 0.231 e. The van der Waals surface area contributed by atoms with Crippen LogP contribution in [0.2, 0.25) is 0 Å². The van der Waals surface area contributed by atoms with Crippen LogP contribution in [-0.4, -0.2) is 19.6 Å². The number of amides is 1. The SMILES string of the molecule is COc1cc2c(cc1F)NC(=O)C(C)(C)CN2. The topological polar surface area (TPSA) is 50.4 Å². The summed E-state index contributed by atoms with van der Waals surface area (Å²) in [7, 11) is 1.41. The van der Waals surface area contributed by atoms with Crippen molar-refractivity contribution in [3.8, 4) is 5.75 Å². The normalized spacial score (nSPS) is 17.5. The lowest BCUT2D eigenvalue weighted by atomic mass is 9.93. The highest BCUT2D eigenvalue weighted by Gasteiger charge is 2.31. The molecule has 92 valence electrons. The third kappa shape index (κ3) is 2.05. The first-order valence-electron chi connectivity index (χ1n) is 5.37. The number of fused-ring (bicyclic) bond motifs is 1. The molecule has 2 N–H and O–H groups in total. The van der Waals surface area contributed by atoms with Crippen LogP contribution < -0.4 is 15.4 Å². The zero-order valence-corrected chi connectivity index (χ0v) is 10.1. The molecule has 0 aliphatic carbocycles. The van der Waals surface area contributed by atoms with Gasteiger partial charge in [-0.05, 0) is 13.8 Å². The molecule has 0 aromatic heterocycles. The summed E-state index contributed by atoms with van der Waals surface area (Å²) >= 11 is 0. The van der Waals surface area contributed by atoms with E-state index in [0.29, 0.717) is 17.9 Å². The molecule has 5 heteroatoms. The fourth-order valence-electron chi connectivity index (χ4n) is 1.65. The highest BCUT2D eigenvalue weighted by Crippen LogP contribution is 2.34. The molecule has 1 aromatic rings.